The van der Waals surface area contributed by atoms with E-state index < -0.39 is 0 Å². The van der Waals surface area contributed by atoms with Gasteiger partial charge in [-0.05, 0) is 81.5 Å². The Bertz CT molecular complexity index is 676. The quantitative estimate of drug-likeness (QED) is 0.586. The Balaban J connectivity index is 1.51. The number of hydrogen-bond donors (Lipinski definition) is 1. The van der Waals surface area contributed by atoms with Gasteiger partial charge in [0.1, 0.15) is 12.4 Å². The van der Waals surface area contributed by atoms with Crippen molar-refractivity contribution in [1.82, 2.24) is 0 Å². The summed E-state index contributed by atoms with van der Waals surface area (Å²) in [6.45, 7) is 9.11. The fraction of sp³-hybridized carbons (Fsp3) is 0.826. The number of fused-ring (bicyclic) bond motifs is 5. The van der Waals surface area contributed by atoms with Gasteiger partial charge in [0.05, 0.1) is 5.71 Å². The van der Waals surface area contributed by atoms with E-state index in [-0.39, 0.29) is 11.0 Å². The summed E-state index contributed by atoms with van der Waals surface area (Å²) in [7, 11) is 0. The molecular formula is C23H36N2O2. The normalized spacial score (nSPS) is 45.4. The summed E-state index contributed by atoms with van der Waals surface area (Å²) < 4.78 is 0. The summed E-state index contributed by atoms with van der Waals surface area (Å²) in [5, 5.41) is 4.43. The molecule has 0 aliphatic heterocycles. The van der Waals surface area contributed by atoms with Crippen LogP contribution in [-0.2, 0) is 9.63 Å². The minimum atomic E-state index is -0.349. The summed E-state index contributed by atoms with van der Waals surface area (Å²) >= 11 is 0. The third kappa shape index (κ3) is 3.18. The smallest absolute Gasteiger partial charge is 0.139 e. The number of allylic oxidation sites excluding steroid dienone is 2. The van der Waals surface area contributed by atoms with E-state index in [4.69, 9.17) is 10.6 Å². The summed E-state index contributed by atoms with van der Waals surface area (Å²) in [6, 6.07) is 0. The number of carbonyl (C=O) groups is 1. The van der Waals surface area contributed by atoms with E-state index in [2.05, 4.69) is 31.2 Å². The van der Waals surface area contributed by atoms with Crippen LogP contribution in [-0.4, -0.2) is 23.6 Å². The van der Waals surface area contributed by atoms with E-state index in [0.717, 1.165) is 32.1 Å². The van der Waals surface area contributed by atoms with E-state index in [1.807, 2.05) is 13.8 Å². The molecule has 0 radical (unpaired) electrons. The van der Waals surface area contributed by atoms with Crippen LogP contribution >= 0.6 is 0 Å². The van der Waals surface area contributed by atoms with Gasteiger partial charge in [-0.3, -0.25) is 4.79 Å². The Hall–Kier alpha value is -1.16. The molecule has 4 unspecified atom stereocenters. The Morgan fingerprint density at radius 3 is 2.70 bits per heavy atom. The predicted molar refractivity (Wildman–Crippen MR) is 108 cm³/mol. The van der Waals surface area contributed by atoms with Crippen molar-refractivity contribution in [1.29, 1.82) is 0 Å². The largest absolute Gasteiger partial charge is 0.394 e. The molecular weight excluding hydrogens is 336 g/mol. The highest BCUT2D eigenvalue weighted by Gasteiger charge is 2.58. The Labute approximate surface area is 164 Å². The minimum absolute atomic E-state index is 0.0567. The van der Waals surface area contributed by atoms with Crippen molar-refractivity contribution in [3.05, 3.63) is 12.2 Å². The summed E-state index contributed by atoms with van der Waals surface area (Å²) in [5.74, 6) is 2.92. The van der Waals surface area contributed by atoms with Crippen molar-refractivity contribution in [2.75, 3.05) is 6.61 Å². The molecule has 0 amide bonds. The Kier molecular flexibility index (Phi) is 4.57. The van der Waals surface area contributed by atoms with Gasteiger partial charge in [-0.1, -0.05) is 31.2 Å². The van der Waals surface area contributed by atoms with Crippen LogP contribution in [0.15, 0.2) is 17.3 Å². The van der Waals surface area contributed by atoms with Crippen molar-refractivity contribution in [3.63, 3.8) is 0 Å². The van der Waals surface area contributed by atoms with Crippen molar-refractivity contribution < 1.29 is 9.63 Å². The van der Waals surface area contributed by atoms with Crippen LogP contribution in [0.4, 0.5) is 0 Å². The molecule has 3 saturated carbocycles. The van der Waals surface area contributed by atoms with Crippen molar-refractivity contribution in [3.8, 4) is 0 Å². The van der Waals surface area contributed by atoms with Gasteiger partial charge in [-0.2, -0.15) is 0 Å². The van der Waals surface area contributed by atoms with Crippen molar-refractivity contribution >= 4 is 11.5 Å². The molecule has 2 N–H and O–H groups in total. The van der Waals surface area contributed by atoms with Crippen LogP contribution in [0.25, 0.3) is 0 Å². The lowest BCUT2D eigenvalue weighted by atomic mass is 9.47. The number of Topliss-reactive ketones (excluding diaryl/α,β-unsaturated/α-hetero) is 1. The van der Waals surface area contributed by atoms with Crippen LogP contribution < -0.4 is 5.73 Å². The van der Waals surface area contributed by atoms with Crippen LogP contribution in [0.2, 0.25) is 0 Å². The molecule has 0 heterocycles. The lowest BCUT2D eigenvalue weighted by Crippen LogP contribution is -2.51. The second-order valence-electron chi connectivity index (χ2n) is 10.8. The predicted octanol–water partition coefficient (Wildman–Crippen LogP) is 4.48. The maximum atomic E-state index is 12.5. The summed E-state index contributed by atoms with van der Waals surface area (Å²) in [5.41, 5.74) is 7.09. The number of nitrogens with zero attached hydrogens (tertiary/aromatic N) is 1. The minimum Gasteiger partial charge on any atom is -0.394 e. The van der Waals surface area contributed by atoms with E-state index in [1.165, 1.54) is 18.6 Å². The van der Waals surface area contributed by atoms with Crippen LogP contribution in [0.5, 0.6) is 0 Å². The third-order valence-corrected chi connectivity index (χ3v) is 8.34. The highest BCUT2D eigenvalue weighted by atomic mass is 16.6. The van der Waals surface area contributed by atoms with Gasteiger partial charge in [0.25, 0.3) is 0 Å². The first-order valence-corrected chi connectivity index (χ1v) is 10.8. The van der Waals surface area contributed by atoms with Crippen LogP contribution in [0.1, 0.15) is 72.6 Å². The van der Waals surface area contributed by atoms with Crippen LogP contribution in [0.3, 0.4) is 0 Å². The first-order valence-electron chi connectivity index (χ1n) is 10.8. The molecule has 0 aromatic rings. The molecule has 4 heteroatoms. The zero-order valence-electron chi connectivity index (χ0n) is 17.5. The topological polar surface area (TPSA) is 64.7 Å². The second kappa shape index (κ2) is 6.43. The number of oxime groups is 1. The van der Waals surface area contributed by atoms with E-state index in [9.17, 15) is 4.79 Å². The molecule has 27 heavy (non-hydrogen) atoms. The lowest BCUT2D eigenvalue weighted by Gasteiger charge is -2.57. The van der Waals surface area contributed by atoms with E-state index in [0.29, 0.717) is 41.5 Å². The Morgan fingerprint density at radius 1 is 1.19 bits per heavy atom. The number of nitrogens with two attached hydrogens (primary N) is 1. The third-order valence-electron chi connectivity index (χ3n) is 8.34. The molecule has 6 atom stereocenters. The van der Waals surface area contributed by atoms with Gasteiger partial charge in [-0.25, -0.2) is 0 Å². The number of carbonyl (C=O) groups excluding carboxylic acids is 1. The molecule has 0 bridgehead atoms. The molecule has 150 valence electrons. The SMILES string of the molecule is CC(C)(N)CO/N=C1/CC[C@@]2(C)C(C=CC3C2CC[C@]2(C)C(=O)CCC32)C1. The standard InChI is InChI=1S/C23H36N2O2/c1-21(2,24)14-27-25-16-9-11-22(3)15(13-16)5-6-17-18-7-8-20(26)23(18,4)12-10-19(17)22/h5-6,15,17-19H,7-14,24H2,1-4H3/b25-16-/t15?,17?,18?,19?,22-,23-/m0/s1. The van der Waals surface area contributed by atoms with Crippen molar-refractivity contribution in [2.45, 2.75) is 78.2 Å². The second-order valence-corrected chi connectivity index (χ2v) is 10.8. The van der Waals surface area contributed by atoms with E-state index >= 15 is 0 Å². The summed E-state index contributed by atoms with van der Waals surface area (Å²) in [4.78, 5) is 18.1. The van der Waals surface area contributed by atoms with E-state index in [1.54, 1.807) is 0 Å². The number of rotatable bonds is 3. The molecule has 0 aromatic heterocycles. The molecule has 4 aliphatic rings. The maximum absolute atomic E-state index is 12.5. The van der Waals surface area contributed by atoms with Crippen molar-refractivity contribution in [2.24, 2.45) is 45.4 Å². The molecule has 4 nitrogen and oxygen atoms in total. The molecule has 4 aliphatic carbocycles. The number of ketones is 1. The fourth-order valence-corrected chi connectivity index (χ4v) is 6.58. The lowest BCUT2D eigenvalue weighted by molar-refractivity contribution is -0.131. The first-order chi connectivity index (χ1) is 12.6. The molecule has 3 fully saturated rings. The summed E-state index contributed by atoms with van der Waals surface area (Å²) in [6.07, 6.45) is 12.3. The van der Waals surface area contributed by atoms with Gasteiger partial charge in [0, 0.05) is 17.4 Å². The molecule has 0 saturated heterocycles. The Morgan fingerprint density at radius 2 is 1.96 bits per heavy atom. The highest BCUT2D eigenvalue weighted by molar-refractivity contribution is 5.87. The van der Waals surface area contributed by atoms with Gasteiger partial charge >= 0.3 is 0 Å². The van der Waals surface area contributed by atoms with Gasteiger partial charge < -0.3 is 10.6 Å². The molecule has 0 spiro atoms. The van der Waals surface area contributed by atoms with Gasteiger partial charge in [0.15, 0.2) is 0 Å². The van der Waals surface area contributed by atoms with Gasteiger partial charge in [0.2, 0.25) is 0 Å². The zero-order valence-corrected chi connectivity index (χ0v) is 17.5. The van der Waals surface area contributed by atoms with Crippen LogP contribution in [0, 0.1) is 34.5 Å². The zero-order chi connectivity index (χ0) is 19.4. The first kappa shape index (κ1) is 19.2. The highest BCUT2D eigenvalue weighted by Crippen LogP contribution is 2.63. The fourth-order valence-electron chi connectivity index (χ4n) is 6.58. The molecule has 4 rings (SSSR count). The monoisotopic (exact) mass is 372 g/mol. The average Bonchev–Trinajstić information content (AvgIpc) is 2.89. The number of hydrogen-bond acceptors (Lipinski definition) is 4. The average molecular weight is 373 g/mol. The maximum Gasteiger partial charge on any atom is 0.139 e. The molecule has 0 aromatic carbocycles. The van der Waals surface area contributed by atoms with Gasteiger partial charge in [-0.15, -0.1) is 0 Å².